The maximum absolute atomic E-state index is 12.8. The Morgan fingerprint density at radius 2 is 1.85 bits per heavy atom. The van der Waals surface area contributed by atoms with Gasteiger partial charge in [0, 0.05) is 12.8 Å². The van der Waals surface area contributed by atoms with Gasteiger partial charge in [0.05, 0.1) is 22.5 Å². The van der Waals surface area contributed by atoms with Crippen LogP contribution in [0.1, 0.15) is 37.8 Å². The van der Waals surface area contributed by atoms with Crippen molar-refractivity contribution < 1.29 is 22.8 Å². The number of carbonyl (C=O) groups is 2. The van der Waals surface area contributed by atoms with E-state index in [9.17, 15) is 28.0 Å². The van der Waals surface area contributed by atoms with E-state index in [0.29, 0.717) is 6.07 Å². The lowest BCUT2D eigenvalue weighted by molar-refractivity contribution is -0.137. The molecule has 0 bridgehead atoms. The Balaban J connectivity index is 2.71. The molecule has 0 atom stereocenters. The Labute approximate surface area is 157 Å². The molecule has 0 radical (unpaired) electrons. The number of rotatable bonds is 4. The minimum absolute atomic E-state index is 0.000951. The van der Waals surface area contributed by atoms with Gasteiger partial charge in [-0.05, 0) is 18.2 Å². The number of halogens is 4. The fourth-order valence-corrected chi connectivity index (χ4v) is 2.62. The Kier molecular flexibility index (Phi) is 5.91. The molecule has 2 rings (SSSR count). The van der Waals surface area contributed by atoms with E-state index in [0.717, 1.165) is 27.9 Å². The molecule has 0 fully saturated rings. The van der Waals surface area contributed by atoms with Crippen LogP contribution < -0.4 is 4.90 Å². The zero-order valence-electron chi connectivity index (χ0n) is 14.3. The first-order valence-electron chi connectivity index (χ1n) is 7.86. The Morgan fingerprint density at radius 3 is 2.30 bits per heavy atom. The minimum atomic E-state index is -4.59. The van der Waals surface area contributed by atoms with E-state index in [1.54, 1.807) is 0 Å². The van der Waals surface area contributed by atoms with Crippen molar-refractivity contribution in [2.45, 2.75) is 32.9 Å². The van der Waals surface area contributed by atoms with Gasteiger partial charge in [-0.15, -0.1) is 0 Å². The third-order valence-electron chi connectivity index (χ3n) is 3.68. The van der Waals surface area contributed by atoms with Gasteiger partial charge in [0.25, 0.3) is 0 Å². The number of aromatic nitrogens is 2. The Morgan fingerprint density at radius 1 is 1.26 bits per heavy atom. The van der Waals surface area contributed by atoms with Crippen molar-refractivity contribution in [2.75, 3.05) is 4.90 Å². The van der Waals surface area contributed by atoms with E-state index in [-0.39, 0.29) is 34.9 Å². The van der Waals surface area contributed by atoms with E-state index >= 15 is 0 Å². The first-order valence-corrected chi connectivity index (χ1v) is 8.24. The van der Waals surface area contributed by atoms with Crippen LogP contribution in [0.15, 0.2) is 24.4 Å². The second-order valence-electron chi connectivity index (χ2n) is 5.40. The van der Waals surface area contributed by atoms with Gasteiger partial charge in [-0.1, -0.05) is 25.4 Å². The number of nitrogens with zero attached hydrogens (tertiary/aromatic N) is 4. The monoisotopic (exact) mass is 398 g/mol. The molecule has 0 saturated heterocycles. The number of amides is 2. The highest BCUT2D eigenvalue weighted by atomic mass is 35.5. The SMILES string of the molecule is CCC(=O)N(C(=O)CC)c1c(C#N)cnn1-c1ccc(C(F)(F)F)cc1Cl. The molecule has 0 spiro atoms. The maximum Gasteiger partial charge on any atom is 0.416 e. The lowest BCUT2D eigenvalue weighted by Crippen LogP contribution is -2.38. The summed E-state index contributed by atoms with van der Waals surface area (Å²) < 4.78 is 39.6. The van der Waals surface area contributed by atoms with Crippen molar-refractivity contribution in [1.82, 2.24) is 9.78 Å². The smallest absolute Gasteiger partial charge is 0.274 e. The summed E-state index contributed by atoms with van der Waals surface area (Å²) in [5.74, 6) is -1.32. The van der Waals surface area contributed by atoms with Crippen LogP contribution in [0.4, 0.5) is 19.0 Å². The first-order chi connectivity index (χ1) is 12.6. The van der Waals surface area contributed by atoms with Crippen LogP contribution in [0, 0.1) is 11.3 Å². The molecule has 6 nitrogen and oxygen atoms in total. The van der Waals surface area contributed by atoms with Gasteiger partial charge < -0.3 is 0 Å². The molecule has 27 heavy (non-hydrogen) atoms. The molecule has 1 aromatic carbocycles. The molecule has 0 aliphatic heterocycles. The van der Waals surface area contributed by atoms with E-state index in [2.05, 4.69) is 5.10 Å². The number of hydrogen-bond acceptors (Lipinski definition) is 4. The van der Waals surface area contributed by atoms with Crippen LogP contribution in [0.3, 0.4) is 0 Å². The van der Waals surface area contributed by atoms with Gasteiger partial charge in [0.2, 0.25) is 11.8 Å². The van der Waals surface area contributed by atoms with Gasteiger partial charge in [-0.3, -0.25) is 9.59 Å². The van der Waals surface area contributed by atoms with Crippen LogP contribution in [0.5, 0.6) is 0 Å². The van der Waals surface area contributed by atoms with E-state index in [4.69, 9.17) is 11.6 Å². The summed E-state index contributed by atoms with van der Waals surface area (Å²) in [5.41, 5.74) is -1.05. The maximum atomic E-state index is 12.8. The number of carbonyl (C=O) groups excluding carboxylic acids is 2. The molecule has 0 aliphatic rings. The number of alkyl halides is 3. The summed E-state index contributed by atoms with van der Waals surface area (Å²) in [6, 6.07) is 4.40. The molecule has 1 aromatic heterocycles. The van der Waals surface area contributed by atoms with Gasteiger partial charge in [0.15, 0.2) is 5.82 Å². The highest BCUT2D eigenvalue weighted by Gasteiger charge is 2.32. The van der Waals surface area contributed by atoms with E-state index in [1.165, 1.54) is 13.8 Å². The van der Waals surface area contributed by atoms with Gasteiger partial charge in [-0.25, -0.2) is 9.58 Å². The second kappa shape index (κ2) is 7.80. The van der Waals surface area contributed by atoms with E-state index < -0.39 is 23.6 Å². The molecule has 10 heteroatoms. The van der Waals surface area contributed by atoms with Gasteiger partial charge in [0.1, 0.15) is 11.6 Å². The lowest BCUT2D eigenvalue weighted by Gasteiger charge is -2.22. The zero-order chi connectivity index (χ0) is 20.4. The average molecular weight is 399 g/mol. The predicted octanol–water partition coefficient (Wildman–Crippen LogP) is 4.10. The summed E-state index contributed by atoms with van der Waals surface area (Å²) in [6.45, 7) is 3.08. The third-order valence-corrected chi connectivity index (χ3v) is 3.99. The largest absolute Gasteiger partial charge is 0.416 e. The number of hydrogen-bond donors (Lipinski definition) is 0. The summed E-state index contributed by atoms with van der Waals surface area (Å²) >= 11 is 5.99. The number of anilines is 1. The minimum Gasteiger partial charge on any atom is -0.274 e. The highest BCUT2D eigenvalue weighted by molar-refractivity contribution is 6.32. The Hall–Kier alpha value is -2.86. The molecule has 0 aliphatic carbocycles. The quantitative estimate of drug-likeness (QED) is 0.776. The number of imide groups is 1. The van der Waals surface area contributed by atoms with Crippen molar-refractivity contribution >= 4 is 29.2 Å². The molecular formula is C17H14ClF3N4O2. The Bertz CT molecular complexity index is 915. The van der Waals surface area contributed by atoms with Crippen LogP contribution in [-0.2, 0) is 15.8 Å². The number of benzene rings is 1. The fraction of sp³-hybridized carbons (Fsp3) is 0.294. The third kappa shape index (κ3) is 3.95. The normalized spacial score (nSPS) is 11.1. The summed E-state index contributed by atoms with van der Waals surface area (Å²) in [5, 5.41) is 13.0. The molecular weight excluding hydrogens is 385 g/mol. The fourth-order valence-electron chi connectivity index (χ4n) is 2.36. The standard InChI is InChI=1S/C17H14ClF3N4O2/c1-3-14(26)24(15(27)4-2)16-10(8-22)9-23-25(16)13-6-5-11(7-12(13)18)17(19,20)21/h5-7,9H,3-4H2,1-2H3. The van der Waals surface area contributed by atoms with Crippen molar-refractivity contribution in [3.05, 3.63) is 40.5 Å². The number of nitriles is 1. The first kappa shape index (κ1) is 20.5. The molecule has 0 unspecified atom stereocenters. The zero-order valence-corrected chi connectivity index (χ0v) is 15.1. The van der Waals surface area contributed by atoms with Crippen LogP contribution in [0.2, 0.25) is 5.02 Å². The van der Waals surface area contributed by atoms with Crippen LogP contribution >= 0.6 is 11.6 Å². The lowest BCUT2D eigenvalue weighted by atomic mass is 10.2. The summed E-state index contributed by atoms with van der Waals surface area (Å²) in [6.07, 6.45) is -3.53. The molecule has 2 amide bonds. The van der Waals surface area contributed by atoms with Crippen molar-refractivity contribution in [2.24, 2.45) is 0 Å². The molecule has 0 saturated carbocycles. The topological polar surface area (TPSA) is 79.0 Å². The van der Waals surface area contributed by atoms with E-state index in [1.807, 2.05) is 6.07 Å². The average Bonchev–Trinajstić information content (AvgIpc) is 3.03. The van der Waals surface area contributed by atoms with Gasteiger partial charge in [-0.2, -0.15) is 23.5 Å². The molecule has 0 N–H and O–H groups in total. The van der Waals surface area contributed by atoms with Crippen LogP contribution in [-0.4, -0.2) is 21.6 Å². The molecule has 142 valence electrons. The van der Waals surface area contributed by atoms with Crippen molar-refractivity contribution in [3.8, 4) is 11.8 Å². The molecule has 2 aromatic rings. The molecule has 1 heterocycles. The summed E-state index contributed by atoms with van der Waals surface area (Å²) in [4.78, 5) is 25.4. The van der Waals surface area contributed by atoms with Crippen LogP contribution in [0.25, 0.3) is 5.69 Å². The van der Waals surface area contributed by atoms with Crippen molar-refractivity contribution in [1.29, 1.82) is 5.26 Å². The van der Waals surface area contributed by atoms with Crippen molar-refractivity contribution in [3.63, 3.8) is 0 Å². The highest BCUT2D eigenvalue weighted by Crippen LogP contribution is 2.35. The second-order valence-corrected chi connectivity index (χ2v) is 5.81. The predicted molar refractivity (Wildman–Crippen MR) is 91.4 cm³/mol. The summed E-state index contributed by atoms with van der Waals surface area (Å²) in [7, 11) is 0. The van der Waals surface area contributed by atoms with Gasteiger partial charge >= 0.3 is 6.18 Å².